The third kappa shape index (κ3) is 2.97. The Morgan fingerprint density at radius 1 is 1.03 bits per heavy atom. The lowest BCUT2D eigenvalue weighted by Gasteiger charge is -2.32. The molecule has 6 nitrogen and oxygen atoms in total. The molecule has 2 heterocycles. The lowest BCUT2D eigenvalue weighted by atomic mass is 10.1. The first-order chi connectivity index (χ1) is 13.9. The van der Waals surface area contributed by atoms with E-state index in [1.165, 1.54) is 24.3 Å². The monoisotopic (exact) mass is 417 g/mol. The Hall–Kier alpha value is -2.29. The number of ether oxygens (including phenoxy) is 2. The number of carbonyl (C=O) groups is 1. The van der Waals surface area contributed by atoms with Gasteiger partial charge in [-0.1, -0.05) is 0 Å². The highest BCUT2D eigenvalue weighted by molar-refractivity contribution is 7.91. The van der Waals surface area contributed by atoms with Gasteiger partial charge in [-0.05, 0) is 67.6 Å². The molecule has 8 heteroatoms. The number of hydrogen-bond donors (Lipinski definition) is 0. The fourth-order valence-electron chi connectivity index (χ4n) is 3.88. The van der Waals surface area contributed by atoms with Gasteiger partial charge in [0, 0.05) is 12.1 Å². The fraction of sp³-hybridized carbons (Fsp3) is 0.381. The van der Waals surface area contributed by atoms with E-state index in [2.05, 4.69) is 0 Å². The van der Waals surface area contributed by atoms with Gasteiger partial charge in [-0.2, -0.15) is 0 Å². The quantitative estimate of drug-likeness (QED) is 0.715. The molecule has 1 spiro atoms. The summed E-state index contributed by atoms with van der Waals surface area (Å²) < 4.78 is 51.0. The van der Waals surface area contributed by atoms with Crippen molar-refractivity contribution >= 4 is 21.4 Å². The highest BCUT2D eigenvalue weighted by Gasteiger charge is 2.55. The molecule has 2 aliphatic heterocycles. The maximum atomic E-state index is 13.3. The molecule has 2 fully saturated rings. The Kier molecular flexibility index (Phi) is 4.27. The Morgan fingerprint density at radius 3 is 2.34 bits per heavy atom. The van der Waals surface area contributed by atoms with E-state index in [-0.39, 0.29) is 15.7 Å². The van der Waals surface area contributed by atoms with Crippen molar-refractivity contribution in [3.8, 4) is 0 Å². The van der Waals surface area contributed by atoms with Crippen LogP contribution in [0, 0.1) is 11.7 Å². The number of hydrogen-bond acceptors (Lipinski definition) is 5. The summed E-state index contributed by atoms with van der Waals surface area (Å²) in [7, 11) is -3.89. The van der Waals surface area contributed by atoms with E-state index < -0.39 is 21.4 Å². The van der Waals surface area contributed by atoms with Crippen molar-refractivity contribution in [1.29, 1.82) is 0 Å². The molecule has 0 aromatic heterocycles. The summed E-state index contributed by atoms with van der Waals surface area (Å²) in [5, 5.41) is 0. The molecule has 0 bridgehead atoms. The minimum absolute atomic E-state index is 0.0149. The van der Waals surface area contributed by atoms with Crippen LogP contribution < -0.4 is 4.90 Å². The van der Waals surface area contributed by atoms with Crippen molar-refractivity contribution in [3.05, 3.63) is 53.8 Å². The van der Waals surface area contributed by atoms with Crippen molar-refractivity contribution in [1.82, 2.24) is 0 Å². The van der Waals surface area contributed by atoms with Gasteiger partial charge < -0.3 is 14.4 Å². The van der Waals surface area contributed by atoms with Crippen LogP contribution in [0.1, 0.15) is 24.8 Å². The first-order valence-corrected chi connectivity index (χ1v) is 11.2. The van der Waals surface area contributed by atoms with Crippen LogP contribution in [0.5, 0.6) is 0 Å². The van der Waals surface area contributed by atoms with Crippen LogP contribution >= 0.6 is 0 Å². The third-order valence-electron chi connectivity index (χ3n) is 5.61. The van der Waals surface area contributed by atoms with Crippen LogP contribution in [0.25, 0.3) is 0 Å². The molecule has 29 heavy (non-hydrogen) atoms. The second-order valence-corrected chi connectivity index (χ2v) is 9.61. The summed E-state index contributed by atoms with van der Waals surface area (Å²) in [4.78, 5) is 14.9. The zero-order valence-corrected chi connectivity index (χ0v) is 16.5. The van der Waals surface area contributed by atoms with E-state index in [9.17, 15) is 17.6 Å². The zero-order chi connectivity index (χ0) is 20.2. The molecule has 2 aromatic carbocycles. The van der Waals surface area contributed by atoms with Crippen LogP contribution in [0.2, 0.25) is 0 Å². The molecule has 3 aliphatic rings. The Bertz CT molecular complexity index is 1070. The maximum absolute atomic E-state index is 13.3. The van der Waals surface area contributed by atoms with Crippen LogP contribution in [-0.2, 0) is 29.9 Å². The Morgan fingerprint density at radius 2 is 1.69 bits per heavy atom. The molecule has 0 radical (unpaired) electrons. The van der Waals surface area contributed by atoms with Crippen molar-refractivity contribution < 1.29 is 27.1 Å². The molecule has 2 aromatic rings. The summed E-state index contributed by atoms with van der Waals surface area (Å²) in [6.07, 6.45) is 2.82. The van der Waals surface area contributed by atoms with Gasteiger partial charge in [-0.15, -0.1) is 0 Å². The van der Waals surface area contributed by atoms with E-state index in [0.29, 0.717) is 43.3 Å². The van der Waals surface area contributed by atoms with Gasteiger partial charge in [0.05, 0.1) is 28.7 Å². The van der Waals surface area contributed by atoms with Crippen LogP contribution in [-0.4, -0.2) is 34.1 Å². The lowest BCUT2D eigenvalue weighted by Crippen LogP contribution is -2.47. The van der Waals surface area contributed by atoms with Gasteiger partial charge in [0.2, 0.25) is 9.84 Å². The maximum Gasteiger partial charge on any atom is 0.292 e. The molecule has 0 atom stereocenters. The van der Waals surface area contributed by atoms with Gasteiger partial charge in [0.25, 0.3) is 11.7 Å². The van der Waals surface area contributed by atoms with E-state index >= 15 is 0 Å². The summed E-state index contributed by atoms with van der Waals surface area (Å²) in [5.41, 5.74) is 1.05. The molecule has 1 amide bonds. The number of carbonyl (C=O) groups excluding carboxylic acids is 1. The first kappa shape index (κ1) is 18.7. The van der Waals surface area contributed by atoms with Gasteiger partial charge >= 0.3 is 0 Å². The highest BCUT2D eigenvalue weighted by atomic mass is 32.2. The average Bonchev–Trinajstić information content (AvgIpc) is 3.53. The topological polar surface area (TPSA) is 72.9 Å². The van der Waals surface area contributed by atoms with Gasteiger partial charge in [-0.25, -0.2) is 12.8 Å². The molecule has 1 saturated carbocycles. The summed E-state index contributed by atoms with van der Waals surface area (Å²) >= 11 is 0. The molecular formula is C21H20FNO5S. The molecular weight excluding hydrogens is 397 g/mol. The largest absolute Gasteiger partial charge is 0.338 e. The SMILES string of the molecule is O=C1N(CC2CC2)c2ccc(S(=O)(=O)c3ccc(F)cc3)cc2C12OCCCO2. The second-order valence-electron chi connectivity index (χ2n) is 7.66. The number of anilines is 1. The second kappa shape index (κ2) is 6.62. The third-order valence-corrected chi connectivity index (χ3v) is 7.38. The molecule has 0 unspecified atom stereocenters. The van der Waals surface area contributed by atoms with Crippen molar-refractivity contribution in [3.63, 3.8) is 0 Å². The predicted octanol–water partition coefficient (Wildman–Crippen LogP) is 3.00. The number of amides is 1. The van der Waals surface area contributed by atoms with E-state index in [1.807, 2.05) is 0 Å². The molecule has 0 N–H and O–H groups in total. The number of sulfone groups is 1. The number of benzene rings is 2. The number of fused-ring (bicyclic) bond motifs is 2. The average molecular weight is 417 g/mol. The standard InChI is InChI=1S/C21H20FNO5S/c22-15-4-6-16(7-5-15)29(25,26)17-8-9-19-18(12-17)21(27-10-1-11-28-21)20(24)23(19)13-14-2-3-14/h4-9,12,14H,1-3,10-11,13H2. The Labute approximate surface area is 168 Å². The minimum atomic E-state index is -3.89. The van der Waals surface area contributed by atoms with E-state index in [0.717, 1.165) is 25.0 Å². The van der Waals surface area contributed by atoms with Crippen molar-refractivity contribution in [2.45, 2.75) is 34.8 Å². The number of halogens is 1. The first-order valence-electron chi connectivity index (χ1n) is 9.67. The normalized spacial score (nSPS) is 20.9. The van der Waals surface area contributed by atoms with Gasteiger partial charge in [0.15, 0.2) is 0 Å². The van der Waals surface area contributed by atoms with Crippen LogP contribution in [0.4, 0.5) is 10.1 Å². The van der Waals surface area contributed by atoms with Crippen LogP contribution in [0.15, 0.2) is 52.3 Å². The molecule has 1 saturated heterocycles. The highest BCUT2D eigenvalue weighted by Crippen LogP contribution is 2.47. The molecule has 1 aliphatic carbocycles. The zero-order valence-electron chi connectivity index (χ0n) is 15.6. The summed E-state index contributed by atoms with van der Waals surface area (Å²) in [6, 6.07) is 9.25. The Balaban J connectivity index is 1.61. The lowest BCUT2D eigenvalue weighted by molar-refractivity contribution is -0.256. The smallest absolute Gasteiger partial charge is 0.292 e. The summed E-state index contributed by atoms with van der Waals surface area (Å²) in [6.45, 7) is 1.29. The van der Waals surface area contributed by atoms with Crippen molar-refractivity contribution in [2.24, 2.45) is 5.92 Å². The van der Waals surface area contributed by atoms with Crippen molar-refractivity contribution in [2.75, 3.05) is 24.7 Å². The molecule has 152 valence electrons. The summed E-state index contributed by atoms with van der Waals surface area (Å²) in [5.74, 6) is -1.94. The number of nitrogens with zero attached hydrogens (tertiary/aromatic N) is 1. The van der Waals surface area contributed by atoms with E-state index in [4.69, 9.17) is 9.47 Å². The predicted molar refractivity (Wildman–Crippen MR) is 102 cm³/mol. The fourth-order valence-corrected chi connectivity index (χ4v) is 5.17. The molecule has 5 rings (SSSR count). The van der Waals surface area contributed by atoms with Crippen LogP contribution in [0.3, 0.4) is 0 Å². The number of rotatable bonds is 4. The van der Waals surface area contributed by atoms with E-state index in [1.54, 1.807) is 11.0 Å². The van der Waals surface area contributed by atoms with Gasteiger partial charge in [0.1, 0.15) is 5.82 Å². The van der Waals surface area contributed by atoms with Gasteiger partial charge in [-0.3, -0.25) is 4.79 Å². The minimum Gasteiger partial charge on any atom is -0.338 e.